The molecule has 0 saturated carbocycles. The zero-order valence-electron chi connectivity index (χ0n) is 14.0. The fourth-order valence-corrected chi connectivity index (χ4v) is 3.95. The number of hydrogen-bond donors (Lipinski definition) is 1. The summed E-state index contributed by atoms with van der Waals surface area (Å²) in [5.41, 5.74) is 6.97. The average Bonchev–Trinajstić information content (AvgIpc) is 2.62. The molecule has 1 aliphatic rings. The Hall–Kier alpha value is -0.970. The molecule has 0 amide bonds. The molecule has 0 aliphatic carbocycles. The molecule has 21 heavy (non-hydrogen) atoms. The molecule has 4 heteroatoms. The first kappa shape index (κ1) is 16.4. The van der Waals surface area contributed by atoms with Gasteiger partial charge in [0.15, 0.2) is 0 Å². The Morgan fingerprint density at radius 2 is 1.86 bits per heavy atom. The Kier molecular flexibility index (Phi) is 4.43. The molecule has 1 unspecified atom stereocenters. The van der Waals surface area contributed by atoms with E-state index in [0.717, 1.165) is 19.5 Å². The molecular formula is C17H29N3O. The lowest BCUT2D eigenvalue weighted by atomic mass is 9.77. The lowest BCUT2D eigenvalue weighted by Gasteiger charge is -2.47. The minimum absolute atomic E-state index is 0.144. The Labute approximate surface area is 128 Å². The molecule has 1 aliphatic heterocycles. The van der Waals surface area contributed by atoms with Crippen molar-refractivity contribution in [1.29, 1.82) is 0 Å². The summed E-state index contributed by atoms with van der Waals surface area (Å²) >= 11 is 0. The van der Waals surface area contributed by atoms with Gasteiger partial charge in [-0.05, 0) is 58.4 Å². The van der Waals surface area contributed by atoms with Crippen molar-refractivity contribution in [2.24, 2.45) is 5.73 Å². The second-order valence-corrected chi connectivity index (χ2v) is 7.15. The summed E-state index contributed by atoms with van der Waals surface area (Å²) in [6, 6.07) is 4.14. The van der Waals surface area contributed by atoms with E-state index in [1.165, 1.54) is 5.56 Å². The number of aromatic nitrogens is 1. The summed E-state index contributed by atoms with van der Waals surface area (Å²) in [6.07, 6.45) is 4.64. The first-order valence-electron chi connectivity index (χ1n) is 7.80. The molecule has 118 valence electrons. The van der Waals surface area contributed by atoms with Gasteiger partial charge in [0.05, 0.1) is 16.7 Å². The van der Waals surface area contributed by atoms with Crippen LogP contribution in [0.5, 0.6) is 0 Å². The van der Waals surface area contributed by atoms with Crippen LogP contribution in [0.25, 0.3) is 0 Å². The average molecular weight is 291 g/mol. The van der Waals surface area contributed by atoms with Crippen LogP contribution >= 0.6 is 0 Å². The van der Waals surface area contributed by atoms with Gasteiger partial charge in [-0.2, -0.15) is 0 Å². The van der Waals surface area contributed by atoms with E-state index in [9.17, 15) is 0 Å². The van der Waals surface area contributed by atoms with E-state index < -0.39 is 0 Å². The van der Waals surface area contributed by atoms with E-state index in [4.69, 9.17) is 10.5 Å². The van der Waals surface area contributed by atoms with Crippen molar-refractivity contribution in [3.63, 3.8) is 0 Å². The summed E-state index contributed by atoms with van der Waals surface area (Å²) in [7, 11) is 0. The minimum Gasteiger partial charge on any atom is -0.368 e. The standard InChI is InChI=1S/C17H29N3O/c1-6-20(11-14-7-9-19-10-8-14)17(13-18)12-15(2,3)21-16(17,4)5/h7-10H,6,11-13,18H2,1-5H3. The molecule has 1 aromatic rings. The molecule has 0 bridgehead atoms. The molecule has 1 saturated heterocycles. The van der Waals surface area contributed by atoms with Gasteiger partial charge < -0.3 is 10.5 Å². The van der Waals surface area contributed by atoms with Crippen LogP contribution in [0.1, 0.15) is 46.6 Å². The second kappa shape index (κ2) is 5.67. The number of ether oxygens (including phenoxy) is 1. The van der Waals surface area contributed by atoms with E-state index in [-0.39, 0.29) is 16.7 Å². The molecule has 0 radical (unpaired) electrons. The number of likely N-dealkylation sites (N-methyl/N-ethyl adjacent to an activating group) is 1. The number of hydrogen-bond acceptors (Lipinski definition) is 4. The van der Waals surface area contributed by atoms with Crippen LogP contribution in [-0.2, 0) is 11.3 Å². The van der Waals surface area contributed by atoms with Crippen molar-refractivity contribution < 1.29 is 4.74 Å². The van der Waals surface area contributed by atoms with Gasteiger partial charge >= 0.3 is 0 Å². The van der Waals surface area contributed by atoms with Crippen molar-refractivity contribution in [3.05, 3.63) is 30.1 Å². The van der Waals surface area contributed by atoms with Crippen molar-refractivity contribution in [1.82, 2.24) is 9.88 Å². The normalized spacial score (nSPS) is 27.2. The van der Waals surface area contributed by atoms with Crippen LogP contribution in [0.15, 0.2) is 24.5 Å². The van der Waals surface area contributed by atoms with Crippen molar-refractivity contribution in [3.8, 4) is 0 Å². The molecule has 0 aromatic carbocycles. The highest BCUT2D eigenvalue weighted by Gasteiger charge is 2.58. The van der Waals surface area contributed by atoms with Gasteiger partial charge in [-0.15, -0.1) is 0 Å². The fraction of sp³-hybridized carbons (Fsp3) is 0.706. The van der Waals surface area contributed by atoms with Crippen molar-refractivity contribution >= 4 is 0 Å². The Morgan fingerprint density at radius 1 is 1.24 bits per heavy atom. The van der Waals surface area contributed by atoms with Gasteiger partial charge in [-0.3, -0.25) is 9.88 Å². The molecule has 2 N–H and O–H groups in total. The summed E-state index contributed by atoms with van der Waals surface area (Å²) in [6.45, 7) is 13.3. The first-order chi connectivity index (χ1) is 9.76. The largest absolute Gasteiger partial charge is 0.368 e. The number of nitrogens with zero attached hydrogens (tertiary/aromatic N) is 2. The molecular weight excluding hydrogens is 262 g/mol. The first-order valence-corrected chi connectivity index (χ1v) is 7.80. The molecule has 2 rings (SSSR count). The third-order valence-electron chi connectivity index (χ3n) is 4.82. The van der Waals surface area contributed by atoms with Crippen LogP contribution in [0.2, 0.25) is 0 Å². The third kappa shape index (κ3) is 2.98. The lowest BCUT2D eigenvalue weighted by Crippen LogP contribution is -2.63. The molecule has 0 spiro atoms. The molecule has 1 fully saturated rings. The van der Waals surface area contributed by atoms with E-state index >= 15 is 0 Å². The quantitative estimate of drug-likeness (QED) is 0.906. The SMILES string of the molecule is CCN(Cc1ccncc1)C1(CN)CC(C)(C)OC1(C)C. The Bertz CT molecular complexity index is 472. The van der Waals surface area contributed by atoms with Crippen LogP contribution in [0.4, 0.5) is 0 Å². The number of nitrogens with two attached hydrogens (primary N) is 1. The summed E-state index contributed by atoms with van der Waals surface area (Å²) in [4.78, 5) is 6.57. The van der Waals surface area contributed by atoms with Gasteiger partial charge in [0.2, 0.25) is 0 Å². The zero-order chi connectivity index (χ0) is 15.7. The fourth-order valence-electron chi connectivity index (χ4n) is 3.95. The van der Waals surface area contributed by atoms with Gasteiger partial charge in [-0.25, -0.2) is 0 Å². The van der Waals surface area contributed by atoms with E-state index in [2.05, 4.69) is 56.6 Å². The van der Waals surface area contributed by atoms with Gasteiger partial charge in [0.1, 0.15) is 0 Å². The predicted octanol–water partition coefficient (Wildman–Crippen LogP) is 2.58. The van der Waals surface area contributed by atoms with E-state index in [1.807, 2.05) is 12.4 Å². The highest BCUT2D eigenvalue weighted by atomic mass is 16.5. The van der Waals surface area contributed by atoms with Crippen LogP contribution < -0.4 is 5.73 Å². The predicted molar refractivity (Wildman–Crippen MR) is 86.0 cm³/mol. The second-order valence-electron chi connectivity index (χ2n) is 7.15. The third-order valence-corrected chi connectivity index (χ3v) is 4.82. The summed E-state index contributed by atoms with van der Waals surface area (Å²) in [5, 5.41) is 0. The maximum absolute atomic E-state index is 6.33. The van der Waals surface area contributed by atoms with Crippen molar-refractivity contribution in [2.75, 3.05) is 13.1 Å². The topological polar surface area (TPSA) is 51.4 Å². The van der Waals surface area contributed by atoms with Crippen LogP contribution in [0.3, 0.4) is 0 Å². The highest BCUT2D eigenvalue weighted by Crippen LogP contribution is 2.48. The monoisotopic (exact) mass is 291 g/mol. The van der Waals surface area contributed by atoms with Crippen molar-refractivity contribution in [2.45, 2.75) is 64.3 Å². The smallest absolute Gasteiger partial charge is 0.0830 e. The zero-order valence-corrected chi connectivity index (χ0v) is 14.0. The maximum Gasteiger partial charge on any atom is 0.0830 e. The van der Waals surface area contributed by atoms with E-state index in [0.29, 0.717) is 6.54 Å². The van der Waals surface area contributed by atoms with Crippen LogP contribution in [-0.4, -0.2) is 39.7 Å². The minimum atomic E-state index is -0.270. The molecule has 4 nitrogen and oxygen atoms in total. The van der Waals surface area contributed by atoms with Gasteiger partial charge in [0.25, 0.3) is 0 Å². The molecule has 1 aromatic heterocycles. The van der Waals surface area contributed by atoms with Gasteiger partial charge in [0, 0.05) is 25.5 Å². The molecule has 2 heterocycles. The highest BCUT2D eigenvalue weighted by molar-refractivity contribution is 5.16. The number of rotatable bonds is 5. The summed E-state index contributed by atoms with van der Waals surface area (Å²) < 4.78 is 6.33. The Balaban J connectivity index is 2.33. The lowest BCUT2D eigenvalue weighted by molar-refractivity contribution is -0.105. The maximum atomic E-state index is 6.33. The van der Waals surface area contributed by atoms with Crippen LogP contribution in [0, 0.1) is 0 Å². The Morgan fingerprint density at radius 3 is 2.29 bits per heavy atom. The summed E-state index contributed by atoms with van der Waals surface area (Å²) in [5.74, 6) is 0. The van der Waals surface area contributed by atoms with E-state index in [1.54, 1.807) is 0 Å². The van der Waals surface area contributed by atoms with Gasteiger partial charge in [-0.1, -0.05) is 6.92 Å². The number of pyridine rings is 1. The molecule has 1 atom stereocenters.